The van der Waals surface area contributed by atoms with Gasteiger partial charge in [0.1, 0.15) is 0 Å². The number of aryl methyl sites for hydroxylation is 1. The zero-order valence-corrected chi connectivity index (χ0v) is 11.9. The SMILES string of the molecule is Cc1ccc(Cl)cc1NC(=O)COC(=O)c1cnccn1. The summed E-state index contributed by atoms with van der Waals surface area (Å²) in [7, 11) is 0. The van der Waals surface area contributed by atoms with Crippen LogP contribution in [-0.2, 0) is 9.53 Å². The van der Waals surface area contributed by atoms with Gasteiger partial charge in [-0.3, -0.25) is 9.78 Å². The van der Waals surface area contributed by atoms with E-state index >= 15 is 0 Å². The smallest absolute Gasteiger partial charge is 0.359 e. The molecule has 0 aliphatic carbocycles. The highest BCUT2D eigenvalue weighted by atomic mass is 35.5. The molecule has 1 heterocycles. The summed E-state index contributed by atoms with van der Waals surface area (Å²) in [5, 5.41) is 3.13. The number of rotatable bonds is 4. The molecule has 2 aromatic rings. The quantitative estimate of drug-likeness (QED) is 0.876. The first-order chi connectivity index (χ1) is 10.1. The Morgan fingerprint density at radius 2 is 2.14 bits per heavy atom. The average molecular weight is 306 g/mol. The van der Waals surface area contributed by atoms with Crippen molar-refractivity contribution in [3.8, 4) is 0 Å². The fraction of sp³-hybridized carbons (Fsp3) is 0.143. The van der Waals surface area contributed by atoms with E-state index in [0.717, 1.165) is 5.56 Å². The lowest BCUT2D eigenvalue weighted by Gasteiger charge is -2.09. The maximum atomic E-state index is 11.7. The summed E-state index contributed by atoms with van der Waals surface area (Å²) in [6.07, 6.45) is 4.07. The minimum Gasteiger partial charge on any atom is -0.451 e. The van der Waals surface area contributed by atoms with Crippen LogP contribution in [0.1, 0.15) is 16.1 Å². The van der Waals surface area contributed by atoms with Crippen molar-refractivity contribution in [2.75, 3.05) is 11.9 Å². The van der Waals surface area contributed by atoms with Gasteiger partial charge in [-0.2, -0.15) is 0 Å². The molecule has 1 amide bonds. The van der Waals surface area contributed by atoms with Crippen LogP contribution in [0.4, 0.5) is 5.69 Å². The Hall–Kier alpha value is -2.47. The number of carbonyl (C=O) groups excluding carboxylic acids is 2. The van der Waals surface area contributed by atoms with Crippen LogP contribution < -0.4 is 5.32 Å². The molecule has 0 aliphatic heterocycles. The number of anilines is 1. The van der Waals surface area contributed by atoms with Crippen molar-refractivity contribution < 1.29 is 14.3 Å². The molecular formula is C14H12ClN3O3. The molecule has 0 bridgehead atoms. The molecule has 0 fully saturated rings. The first-order valence-corrected chi connectivity index (χ1v) is 6.43. The second kappa shape index (κ2) is 6.81. The summed E-state index contributed by atoms with van der Waals surface area (Å²) in [6.45, 7) is 1.42. The summed E-state index contributed by atoms with van der Waals surface area (Å²) in [5.41, 5.74) is 1.47. The van der Waals surface area contributed by atoms with E-state index in [9.17, 15) is 9.59 Å². The number of hydrogen-bond donors (Lipinski definition) is 1. The molecule has 1 aromatic carbocycles. The van der Waals surface area contributed by atoms with Gasteiger partial charge in [-0.05, 0) is 24.6 Å². The van der Waals surface area contributed by atoms with Crippen LogP contribution in [0, 0.1) is 6.92 Å². The molecule has 0 radical (unpaired) electrons. The third-order valence-electron chi connectivity index (χ3n) is 2.58. The highest BCUT2D eigenvalue weighted by Crippen LogP contribution is 2.19. The monoisotopic (exact) mass is 305 g/mol. The molecular weight excluding hydrogens is 294 g/mol. The first kappa shape index (κ1) is 14.9. The van der Waals surface area contributed by atoms with Gasteiger partial charge in [0.25, 0.3) is 5.91 Å². The number of ether oxygens (including phenoxy) is 1. The Balaban J connectivity index is 1.91. The number of halogens is 1. The summed E-state index contributed by atoms with van der Waals surface area (Å²) >= 11 is 5.86. The van der Waals surface area contributed by atoms with E-state index in [1.54, 1.807) is 18.2 Å². The van der Waals surface area contributed by atoms with Crippen molar-refractivity contribution >= 4 is 29.2 Å². The molecule has 0 spiro atoms. The molecule has 1 N–H and O–H groups in total. The lowest BCUT2D eigenvalue weighted by Crippen LogP contribution is -2.21. The number of nitrogens with zero attached hydrogens (tertiary/aromatic N) is 2. The standard InChI is InChI=1S/C14H12ClN3O3/c1-9-2-3-10(15)6-11(9)18-13(19)8-21-14(20)12-7-16-4-5-17-12/h2-7H,8H2,1H3,(H,18,19). The molecule has 0 saturated carbocycles. The van der Waals surface area contributed by atoms with E-state index < -0.39 is 18.5 Å². The summed E-state index contributed by atoms with van der Waals surface area (Å²) in [6, 6.07) is 5.13. The molecule has 108 valence electrons. The molecule has 0 aliphatic rings. The number of esters is 1. The lowest BCUT2D eigenvalue weighted by atomic mass is 10.2. The van der Waals surface area contributed by atoms with Crippen molar-refractivity contribution in [2.45, 2.75) is 6.92 Å². The summed E-state index contributed by atoms with van der Waals surface area (Å²) < 4.78 is 4.85. The highest BCUT2D eigenvalue weighted by molar-refractivity contribution is 6.31. The third kappa shape index (κ3) is 4.25. The van der Waals surface area contributed by atoms with Gasteiger partial charge in [0, 0.05) is 23.1 Å². The zero-order valence-electron chi connectivity index (χ0n) is 11.2. The van der Waals surface area contributed by atoms with Crippen molar-refractivity contribution in [3.63, 3.8) is 0 Å². The number of hydrogen-bond acceptors (Lipinski definition) is 5. The molecule has 7 heteroatoms. The maximum Gasteiger partial charge on any atom is 0.359 e. The highest BCUT2D eigenvalue weighted by Gasteiger charge is 2.12. The van der Waals surface area contributed by atoms with Gasteiger partial charge >= 0.3 is 5.97 Å². The van der Waals surface area contributed by atoms with Gasteiger partial charge in [-0.15, -0.1) is 0 Å². The van der Waals surface area contributed by atoms with Gasteiger partial charge in [0.2, 0.25) is 0 Å². The number of aromatic nitrogens is 2. The lowest BCUT2D eigenvalue weighted by molar-refractivity contribution is -0.119. The number of nitrogens with one attached hydrogen (secondary N) is 1. The molecule has 1 aromatic heterocycles. The minimum absolute atomic E-state index is 0.0456. The van der Waals surface area contributed by atoms with Crippen LogP contribution in [0.3, 0.4) is 0 Å². The average Bonchev–Trinajstić information content (AvgIpc) is 2.49. The van der Waals surface area contributed by atoms with Crippen molar-refractivity contribution in [2.24, 2.45) is 0 Å². The number of amides is 1. The van der Waals surface area contributed by atoms with Crippen LogP contribution in [0.2, 0.25) is 5.02 Å². The fourth-order valence-corrected chi connectivity index (χ4v) is 1.70. The molecule has 2 rings (SSSR count). The van der Waals surface area contributed by atoms with Crippen LogP contribution in [0.25, 0.3) is 0 Å². The van der Waals surface area contributed by atoms with Gasteiger partial charge in [-0.25, -0.2) is 9.78 Å². The van der Waals surface area contributed by atoms with Crippen molar-refractivity contribution in [1.29, 1.82) is 0 Å². The predicted octanol–water partition coefficient (Wildman–Crippen LogP) is 2.23. The van der Waals surface area contributed by atoms with Gasteiger partial charge in [0.05, 0.1) is 6.20 Å². The van der Waals surface area contributed by atoms with Crippen molar-refractivity contribution in [1.82, 2.24) is 9.97 Å². The molecule has 21 heavy (non-hydrogen) atoms. The largest absolute Gasteiger partial charge is 0.451 e. The second-order valence-corrected chi connectivity index (χ2v) is 4.61. The van der Waals surface area contributed by atoms with Crippen LogP contribution in [0.15, 0.2) is 36.8 Å². The number of carbonyl (C=O) groups is 2. The third-order valence-corrected chi connectivity index (χ3v) is 2.82. The van der Waals surface area contributed by atoms with Crippen molar-refractivity contribution in [3.05, 3.63) is 53.1 Å². The Morgan fingerprint density at radius 1 is 1.33 bits per heavy atom. The van der Waals surface area contributed by atoms with E-state index in [1.807, 2.05) is 6.92 Å². The van der Waals surface area contributed by atoms with Gasteiger partial charge < -0.3 is 10.1 Å². The second-order valence-electron chi connectivity index (χ2n) is 4.17. The topological polar surface area (TPSA) is 81.2 Å². The van der Waals surface area contributed by atoms with E-state index in [2.05, 4.69) is 15.3 Å². The van der Waals surface area contributed by atoms with E-state index in [-0.39, 0.29) is 5.69 Å². The van der Waals surface area contributed by atoms with E-state index in [4.69, 9.17) is 16.3 Å². The molecule has 6 nitrogen and oxygen atoms in total. The number of benzene rings is 1. The molecule has 0 unspecified atom stereocenters. The first-order valence-electron chi connectivity index (χ1n) is 6.05. The molecule has 0 atom stereocenters. The minimum atomic E-state index is -0.707. The Labute approximate surface area is 126 Å². The van der Waals surface area contributed by atoms with E-state index in [1.165, 1.54) is 18.6 Å². The fourth-order valence-electron chi connectivity index (χ4n) is 1.52. The Morgan fingerprint density at radius 3 is 2.86 bits per heavy atom. The maximum absolute atomic E-state index is 11.7. The Bertz CT molecular complexity index is 662. The van der Waals surface area contributed by atoms with Gasteiger partial charge in [0.15, 0.2) is 12.3 Å². The normalized spacial score (nSPS) is 10.0. The van der Waals surface area contributed by atoms with Crippen LogP contribution in [0.5, 0.6) is 0 Å². The van der Waals surface area contributed by atoms with Gasteiger partial charge in [-0.1, -0.05) is 17.7 Å². The Kier molecular flexibility index (Phi) is 4.84. The summed E-state index contributed by atoms with van der Waals surface area (Å²) in [5.74, 6) is -1.17. The van der Waals surface area contributed by atoms with Crippen LogP contribution >= 0.6 is 11.6 Å². The summed E-state index contributed by atoms with van der Waals surface area (Å²) in [4.78, 5) is 30.9. The molecule has 0 saturated heterocycles. The van der Waals surface area contributed by atoms with Crippen LogP contribution in [-0.4, -0.2) is 28.5 Å². The zero-order chi connectivity index (χ0) is 15.2. The van der Waals surface area contributed by atoms with E-state index in [0.29, 0.717) is 10.7 Å². The predicted molar refractivity (Wildman–Crippen MR) is 77.1 cm³/mol.